The van der Waals surface area contributed by atoms with Crippen LogP contribution in [0.2, 0.25) is 5.02 Å². The lowest BCUT2D eigenvalue weighted by Crippen LogP contribution is -2.47. The van der Waals surface area contributed by atoms with Gasteiger partial charge in [0.05, 0.1) is 6.61 Å². The van der Waals surface area contributed by atoms with Crippen molar-refractivity contribution in [1.82, 2.24) is 9.80 Å². The first-order valence-corrected chi connectivity index (χ1v) is 10.3. The van der Waals surface area contributed by atoms with Gasteiger partial charge in [0.1, 0.15) is 0 Å². The third-order valence-electron chi connectivity index (χ3n) is 5.06. The molecule has 2 heterocycles. The molecule has 1 saturated heterocycles. The van der Waals surface area contributed by atoms with E-state index in [1.807, 2.05) is 17.8 Å². The molecule has 1 N–H and O–H groups in total. The highest BCUT2D eigenvalue weighted by Crippen LogP contribution is 2.45. The van der Waals surface area contributed by atoms with Crippen LogP contribution in [-0.4, -0.2) is 60.8 Å². The zero-order valence-electron chi connectivity index (χ0n) is 15.5. The number of nitrogens with zero attached hydrogens (tertiary/aromatic N) is 2. The molecule has 7 heteroatoms. The van der Waals surface area contributed by atoms with Gasteiger partial charge < -0.3 is 5.11 Å². The maximum atomic E-state index is 9.09. The van der Waals surface area contributed by atoms with Crippen LogP contribution in [0, 0.1) is 0 Å². The minimum atomic E-state index is 0. The molecule has 1 fully saturated rings. The number of β-amino-alcohol motifs (C(OH)–C–C–N with tert-alkyl or cyclic N) is 1. The van der Waals surface area contributed by atoms with Crippen molar-refractivity contribution >= 4 is 53.7 Å². The molecule has 0 aromatic heterocycles. The van der Waals surface area contributed by atoms with Crippen molar-refractivity contribution < 1.29 is 5.11 Å². The molecule has 3 nitrogen and oxygen atoms in total. The number of aliphatic hydroxyl groups is 1. The smallest absolute Gasteiger partial charge is 0.0558 e. The Bertz CT molecular complexity index is 823. The van der Waals surface area contributed by atoms with Crippen molar-refractivity contribution in [3.63, 3.8) is 0 Å². The monoisotopic (exact) mass is 458 g/mol. The highest BCUT2D eigenvalue weighted by Gasteiger charge is 2.21. The van der Waals surface area contributed by atoms with E-state index in [1.54, 1.807) is 0 Å². The molecule has 28 heavy (non-hydrogen) atoms. The first-order chi connectivity index (χ1) is 12.7. The number of fused-ring (bicyclic) bond motifs is 2. The first-order valence-electron chi connectivity index (χ1n) is 9.07. The lowest BCUT2D eigenvalue weighted by Gasteiger charge is -2.34. The molecule has 0 spiro atoms. The summed E-state index contributed by atoms with van der Waals surface area (Å²) in [6, 6.07) is 14.8. The average molecular weight is 460 g/mol. The summed E-state index contributed by atoms with van der Waals surface area (Å²) < 4.78 is 0. The number of aliphatic hydroxyl groups excluding tert-OH is 1. The van der Waals surface area contributed by atoms with Gasteiger partial charge in [0.25, 0.3) is 0 Å². The van der Waals surface area contributed by atoms with Gasteiger partial charge in [-0.15, -0.1) is 24.8 Å². The van der Waals surface area contributed by atoms with E-state index in [1.165, 1.54) is 26.5 Å². The molecule has 2 aromatic carbocycles. The molecule has 0 unspecified atom stereocenters. The highest BCUT2D eigenvalue weighted by atomic mass is 35.5. The number of hydrogen-bond donors (Lipinski definition) is 1. The van der Waals surface area contributed by atoms with Gasteiger partial charge in [-0.05, 0) is 41.0 Å². The van der Waals surface area contributed by atoms with Crippen LogP contribution in [0.4, 0.5) is 0 Å². The number of halogens is 3. The Morgan fingerprint density at radius 1 is 0.929 bits per heavy atom. The van der Waals surface area contributed by atoms with Crippen LogP contribution >= 0.6 is 48.2 Å². The second-order valence-corrected chi connectivity index (χ2v) is 8.24. The molecule has 0 atom stereocenters. The van der Waals surface area contributed by atoms with Gasteiger partial charge >= 0.3 is 0 Å². The maximum absolute atomic E-state index is 9.09. The van der Waals surface area contributed by atoms with E-state index in [9.17, 15) is 0 Å². The molecule has 152 valence electrons. The normalized spacial score (nSPS) is 18.0. The van der Waals surface area contributed by atoms with Gasteiger partial charge in [0.15, 0.2) is 0 Å². The summed E-state index contributed by atoms with van der Waals surface area (Å²) in [6.07, 6.45) is 2.36. The van der Waals surface area contributed by atoms with Crippen molar-refractivity contribution in [2.75, 3.05) is 45.9 Å². The van der Waals surface area contributed by atoms with E-state index < -0.39 is 0 Å². The molecule has 0 aliphatic carbocycles. The second kappa shape index (κ2) is 10.9. The SMILES string of the molecule is Cl.Cl.OCCN1CCN(C/C=C2/c3ccccc3Sc3ccc(Cl)cc32)CC1. The van der Waals surface area contributed by atoms with Crippen LogP contribution in [0.5, 0.6) is 0 Å². The Kier molecular flexibility index (Phi) is 9.16. The zero-order chi connectivity index (χ0) is 17.9. The van der Waals surface area contributed by atoms with E-state index in [4.69, 9.17) is 16.7 Å². The lowest BCUT2D eigenvalue weighted by molar-refractivity contribution is 0.120. The van der Waals surface area contributed by atoms with Gasteiger partial charge in [-0.1, -0.05) is 47.6 Å². The number of hydrogen-bond acceptors (Lipinski definition) is 4. The summed E-state index contributed by atoms with van der Waals surface area (Å²) in [4.78, 5) is 7.38. The van der Waals surface area contributed by atoms with Gasteiger partial charge in [-0.25, -0.2) is 0 Å². The molecule has 2 aromatic rings. The number of benzene rings is 2. The maximum Gasteiger partial charge on any atom is 0.0558 e. The third-order valence-corrected chi connectivity index (χ3v) is 6.45. The molecule has 0 saturated carbocycles. The lowest BCUT2D eigenvalue weighted by atomic mass is 9.96. The molecule has 2 aliphatic heterocycles. The fourth-order valence-electron chi connectivity index (χ4n) is 3.62. The fraction of sp³-hybridized carbons (Fsp3) is 0.333. The quantitative estimate of drug-likeness (QED) is 0.612. The molecule has 2 aliphatic rings. The fourth-order valence-corrected chi connectivity index (χ4v) is 4.88. The van der Waals surface area contributed by atoms with Crippen molar-refractivity contribution in [1.29, 1.82) is 0 Å². The Morgan fingerprint density at radius 3 is 2.36 bits per heavy atom. The second-order valence-electron chi connectivity index (χ2n) is 6.72. The molecule has 0 radical (unpaired) electrons. The van der Waals surface area contributed by atoms with E-state index in [-0.39, 0.29) is 31.4 Å². The molecule has 0 amide bonds. The minimum Gasteiger partial charge on any atom is -0.395 e. The minimum absolute atomic E-state index is 0. The summed E-state index contributed by atoms with van der Waals surface area (Å²) >= 11 is 8.11. The Labute approximate surface area is 188 Å². The van der Waals surface area contributed by atoms with Crippen LogP contribution in [0.1, 0.15) is 11.1 Å². The number of piperazine rings is 1. The third kappa shape index (κ3) is 5.25. The van der Waals surface area contributed by atoms with Crippen LogP contribution in [0.3, 0.4) is 0 Å². The van der Waals surface area contributed by atoms with Gasteiger partial charge in [0, 0.05) is 54.1 Å². The van der Waals surface area contributed by atoms with Gasteiger partial charge in [-0.2, -0.15) is 0 Å². The van der Waals surface area contributed by atoms with Crippen molar-refractivity contribution in [3.8, 4) is 0 Å². The van der Waals surface area contributed by atoms with Gasteiger partial charge in [0.2, 0.25) is 0 Å². The predicted octanol–water partition coefficient (Wildman–Crippen LogP) is 4.69. The van der Waals surface area contributed by atoms with E-state index in [2.05, 4.69) is 52.3 Å². The standard InChI is InChI=1S/C21H23ClN2OS.2ClH/c22-16-5-6-21-19(15-16)17(18-3-1-2-4-20(18)26-21)7-8-23-9-11-24(12-10-23)13-14-25;;/h1-7,15,25H,8-14H2;2*1H/b17-7-;;. The molecule has 0 bridgehead atoms. The molecule has 4 rings (SSSR count). The Balaban J connectivity index is 0.00000140. The van der Waals surface area contributed by atoms with E-state index >= 15 is 0 Å². The first kappa shape index (κ1) is 23.6. The van der Waals surface area contributed by atoms with E-state index in [0.717, 1.165) is 44.3 Å². The van der Waals surface area contributed by atoms with Gasteiger partial charge in [-0.3, -0.25) is 9.80 Å². The van der Waals surface area contributed by atoms with Crippen LogP contribution < -0.4 is 0 Å². The zero-order valence-corrected chi connectivity index (χ0v) is 18.7. The average Bonchev–Trinajstić information content (AvgIpc) is 2.67. The van der Waals surface area contributed by atoms with Crippen LogP contribution in [-0.2, 0) is 0 Å². The number of rotatable bonds is 4. The van der Waals surface area contributed by atoms with Crippen LogP contribution in [0.15, 0.2) is 58.3 Å². The van der Waals surface area contributed by atoms with E-state index in [0.29, 0.717) is 0 Å². The Morgan fingerprint density at radius 2 is 1.61 bits per heavy atom. The predicted molar refractivity (Wildman–Crippen MR) is 124 cm³/mol. The summed E-state index contributed by atoms with van der Waals surface area (Å²) in [5.74, 6) is 0. The summed E-state index contributed by atoms with van der Waals surface area (Å²) in [6.45, 7) is 6.11. The highest BCUT2D eigenvalue weighted by molar-refractivity contribution is 7.99. The topological polar surface area (TPSA) is 26.7 Å². The van der Waals surface area contributed by atoms with Crippen LogP contribution in [0.25, 0.3) is 5.57 Å². The van der Waals surface area contributed by atoms with Crippen molar-refractivity contribution in [3.05, 3.63) is 64.7 Å². The van der Waals surface area contributed by atoms with Crippen molar-refractivity contribution in [2.24, 2.45) is 0 Å². The molecular weight excluding hydrogens is 435 g/mol. The summed E-state index contributed by atoms with van der Waals surface area (Å²) in [5, 5.41) is 9.87. The molecular formula is C21H25Cl3N2OS. The summed E-state index contributed by atoms with van der Waals surface area (Å²) in [7, 11) is 0. The largest absolute Gasteiger partial charge is 0.395 e. The summed E-state index contributed by atoms with van der Waals surface area (Å²) in [5.41, 5.74) is 3.82. The Hall–Kier alpha value is -0.720. The van der Waals surface area contributed by atoms with Crippen molar-refractivity contribution in [2.45, 2.75) is 9.79 Å².